The van der Waals surface area contributed by atoms with E-state index in [0.717, 1.165) is 22.7 Å². The minimum Gasteiger partial charge on any atom is -0.374 e. The van der Waals surface area contributed by atoms with Gasteiger partial charge in [0.1, 0.15) is 0 Å². The lowest BCUT2D eigenvalue weighted by Crippen LogP contribution is -2.17. The number of nitrogens with one attached hydrogen (secondary N) is 1. The van der Waals surface area contributed by atoms with Crippen molar-refractivity contribution in [2.24, 2.45) is 0 Å². The van der Waals surface area contributed by atoms with E-state index in [0.29, 0.717) is 0 Å². The molecule has 1 atom stereocenters. The van der Waals surface area contributed by atoms with Crippen LogP contribution in [0.3, 0.4) is 0 Å². The first-order valence-electron chi connectivity index (χ1n) is 19.5. The van der Waals surface area contributed by atoms with E-state index in [1.54, 1.807) is 0 Å². The van der Waals surface area contributed by atoms with E-state index < -0.39 is 0 Å². The summed E-state index contributed by atoms with van der Waals surface area (Å²) in [5, 5.41) is 3.86. The van der Waals surface area contributed by atoms with E-state index in [1.165, 1.54) is 66.8 Å². The highest BCUT2D eigenvalue weighted by molar-refractivity contribution is 5.92. The van der Waals surface area contributed by atoms with Crippen LogP contribution in [-0.4, -0.2) is 0 Å². The first-order chi connectivity index (χ1) is 27.5. The number of benzene rings is 8. The third kappa shape index (κ3) is 5.91. The molecule has 0 spiro atoms. The van der Waals surface area contributed by atoms with E-state index in [2.05, 4.69) is 230 Å². The Labute approximate surface area is 330 Å². The summed E-state index contributed by atoms with van der Waals surface area (Å²) in [5.74, 6) is 0. The zero-order chi connectivity index (χ0) is 37.6. The van der Waals surface area contributed by atoms with E-state index >= 15 is 0 Å². The summed E-state index contributed by atoms with van der Waals surface area (Å²) in [6, 6.07) is 72.7. The SMILES string of the molecule is CC1(C)c2ccccc2-c2ccc(C3=CC(c4ccc(N(c5ccc(-c6ccccc6)cc5)c5ccc(-c6ccccc6)cc5)cc4)Nc4ccccc43)cc21. The summed E-state index contributed by atoms with van der Waals surface area (Å²) in [6.07, 6.45) is 2.41. The minimum absolute atomic E-state index is 0.0103. The summed E-state index contributed by atoms with van der Waals surface area (Å²) >= 11 is 0. The second-order valence-corrected chi connectivity index (χ2v) is 15.4. The van der Waals surface area contributed by atoms with Crippen molar-refractivity contribution in [3.63, 3.8) is 0 Å². The molecule has 0 saturated heterocycles. The van der Waals surface area contributed by atoms with Gasteiger partial charge in [-0.25, -0.2) is 0 Å². The molecule has 0 amide bonds. The average Bonchev–Trinajstić information content (AvgIpc) is 3.50. The summed E-state index contributed by atoms with van der Waals surface area (Å²) in [7, 11) is 0. The second-order valence-electron chi connectivity index (χ2n) is 15.4. The Morgan fingerprint density at radius 2 is 0.875 bits per heavy atom. The summed E-state index contributed by atoms with van der Waals surface area (Å²) in [5.41, 5.74) is 19.7. The van der Waals surface area contributed by atoms with Gasteiger partial charge in [0.2, 0.25) is 0 Å². The van der Waals surface area contributed by atoms with E-state index in [4.69, 9.17) is 0 Å². The van der Waals surface area contributed by atoms with Crippen LogP contribution in [-0.2, 0) is 5.41 Å². The van der Waals surface area contributed by atoms with Gasteiger partial charge in [-0.15, -0.1) is 0 Å². The lowest BCUT2D eigenvalue weighted by Gasteiger charge is -2.29. The Balaban J connectivity index is 1.01. The molecule has 1 unspecified atom stereocenters. The zero-order valence-electron chi connectivity index (χ0n) is 31.7. The molecule has 1 N–H and O–H groups in total. The lowest BCUT2D eigenvalue weighted by molar-refractivity contribution is 0.660. The minimum atomic E-state index is -0.0558. The van der Waals surface area contributed by atoms with Gasteiger partial charge in [0.25, 0.3) is 0 Å². The Hall–Kier alpha value is -6.90. The molecule has 0 radical (unpaired) electrons. The van der Waals surface area contributed by atoms with Gasteiger partial charge in [-0.3, -0.25) is 0 Å². The number of anilines is 4. The molecule has 2 nitrogen and oxygen atoms in total. The smallest absolute Gasteiger partial charge is 0.0707 e. The topological polar surface area (TPSA) is 15.3 Å². The van der Waals surface area contributed by atoms with Crippen molar-refractivity contribution in [2.75, 3.05) is 10.2 Å². The van der Waals surface area contributed by atoms with Crippen LogP contribution in [0.1, 0.15) is 47.7 Å². The largest absolute Gasteiger partial charge is 0.374 e. The van der Waals surface area contributed by atoms with Gasteiger partial charge >= 0.3 is 0 Å². The fourth-order valence-corrected chi connectivity index (χ4v) is 8.76. The average molecular weight is 719 g/mol. The maximum atomic E-state index is 3.86. The third-order valence-corrected chi connectivity index (χ3v) is 11.7. The van der Waals surface area contributed by atoms with Gasteiger partial charge in [-0.2, -0.15) is 0 Å². The molecule has 2 aliphatic rings. The number of rotatable bonds is 7. The fourth-order valence-electron chi connectivity index (χ4n) is 8.76. The van der Waals surface area contributed by atoms with Gasteiger partial charge in [-0.05, 0) is 116 Å². The van der Waals surface area contributed by atoms with Crippen LogP contribution in [0.25, 0.3) is 39.0 Å². The van der Waals surface area contributed by atoms with Gasteiger partial charge in [0, 0.05) is 33.7 Å². The predicted molar refractivity (Wildman–Crippen MR) is 236 cm³/mol. The Bertz CT molecular complexity index is 2620. The Kier molecular flexibility index (Phi) is 8.26. The van der Waals surface area contributed by atoms with Crippen LogP contribution in [0.15, 0.2) is 206 Å². The number of nitrogens with zero attached hydrogens (tertiary/aromatic N) is 1. The molecule has 10 rings (SSSR count). The van der Waals surface area contributed by atoms with Crippen molar-refractivity contribution in [3.05, 3.63) is 234 Å². The fraction of sp³-hybridized carbons (Fsp3) is 0.0741. The van der Waals surface area contributed by atoms with Crippen molar-refractivity contribution in [1.29, 1.82) is 0 Å². The normalized spacial score (nSPS) is 14.8. The van der Waals surface area contributed by atoms with Crippen LogP contribution in [0, 0.1) is 0 Å². The third-order valence-electron chi connectivity index (χ3n) is 11.7. The maximum Gasteiger partial charge on any atom is 0.0707 e. The highest BCUT2D eigenvalue weighted by Gasteiger charge is 2.35. The van der Waals surface area contributed by atoms with Crippen LogP contribution >= 0.6 is 0 Å². The van der Waals surface area contributed by atoms with Crippen LogP contribution < -0.4 is 10.2 Å². The number of hydrogen-bond donors (Lipinski definition) is 1. The molecule has 0 bridgehead atoms. The molecule has 268 valence electrons. The van der Waals surface area contributed by atoms with Gasteiger partial charge in [-0.1, -0.05) is 166 Å². The molecule has 1 aliphatic carbocycles. The molecule has 8 aromatic rings. The predicted octanol–water partition coefficient (Wildman–Crippen LogP) is 14.4. The van der Waals surface area contributed by atoms with Crippen molar-refractivity contribution in [3.8, 4) is 33.4 Å². The second kappa shape index (κ2) is 13.7. The molecule has 1 aliphatic heterocycles. The molecule has 0 fully saturated rings. The quantitative estimate of drug-likeness (QED) is 0.176. The Morgan fingerprint density at radius 3 is 1.48 bits per heavy atom. The molecule has 0 aromatic heterocycles. The number of hydrogen-bond acceptors (Lipinski definition) is 2. The Morgan fingerprint density at radius 1 is 0.411 bits per heavy atom. The molecular weight excluding hydrogens is 677 g/mol. The molecule has 2 heteroatoms. The van der Waals surface area contributed by atoms with Crippen LogP contribution in [0.4, 0.5) is 22.7 Å². The number of fused-ring (bicyclic) bond motifs is 4. The van der Waals surface area contributed by atoms with E-state index in [-0.39, 0.29) is 11.5 Å². The lowest BCUT2D eigenvalue weighted by atomic mass is 9.80. The number of para-hydroxylation sites is 1. The van der Waals surface area contributed by atoms with Gasteiger partial charge < -0.3 is 10.2 Å². The molecule has 56 heavy (non-hydrogen) atoms. The van der Waals surface area contributed by atoms with Crippen molar-refractivity contribution < 1.29 is 0 Å². The monoisotopic (exact) mass is 718 g/mol. The summed E-state index contributed by atoms with van der Waals surface area (Å²) < 4.78 is 0. The zero-order valence-corrected chi connectivity index (χ0v) is 31.7. The molecule has 8 aromatic carbocycles. The van der Waals surface area contributed by atoms with Crippen LogP contribution in [0.5, 0.6) is 0 Å². The molecule has 1 heterocycles. The standard InChI is InChI=1S/C54H42N2/c1-54(2)50-19-11-9-17-46(50)47-34-27-42(35-51(47)54)49-36-53(55-52-20-12-10-18-48(49)52)41-25-32-45(33-26-41)56(43-28-21-39(22-29-43)37-13-5-3-6-14-37)44-30-23-40(24-31-44)38-15-7-4-8-16-38/h3-36,53,55H,1-2H3. The van der Waals surface area contributed by atoms with Crippen molar-refractivity contribution in [1.82, 2.24) is 0 Å². The maximum absolute atomic E-state index is 3.86. The van der Waals surface area contributed by atoms with Crippen molar-refractivity contribution >= 4 is 28.3 Å². The highest BCUT2D eigenvalue weighted by atomic mass is 15.1. The summed E-state index contributed by atoms with van der Waals surface area (Å²) in [6.45, 7) is 4.71. The van der Waals surface area contributed by atoms with Gasteiger partial charge in [0.15, 0.2) is 0 Å². The first-order valence-corrected chi connectivity index (χ1v) is 19.5. The molecule has 0 saturated carbocycles. The van der Waals surface area contributed by atoms with Crippen molar-refractivity contribution in [2.45, 2.75) is 25.3 Å². The van der Waals surface area contributed by atoms with Gasteiger partial charge in [0.05, 0.1) is 6.04 Å². The highest BCUT2D eigenvalue weighted by Crippen LogP contribution is 2.50. The van der Waals surface area contributed by atoms with Crippen LogP contribution in [0.2, 0.25) is 0 Å². The first kappa shape index (κ1) is 33.7. The van der Waals surface area contributed by atoms with E-state index in [9.17, 15) is 0 Å². The molecular formula is C54H42N2. The summed E-state index contributed by atoms with van der Waals surface area (Å²) in [4.78, 5) is 2.35. The van der Waals surface area contributed by atoms with E-state index in [1.807, 2.05) is 0 Å².